The molecule has 1 nitrogen and oxygen atoms in total. The fraction of sp³-hybridized carbons (Fsp3) is 0.214. The Balaban J connectivity index is 2.59. The van der Waals surface area contributed by atoms with Crippen LogP contribution < -0.4 is 0 Å². The SMILES string of the molecule is Cc1cc(-c2cccc(C)c2F)cnc1C. The third-order valence-electron chi connectivity index (χ3n) is 2.84. The maximum absolute atomic E-state index is 13.9. The van der Waals surface area contributed by atoms with E-state index in [0.717, 1.165) is 16.8 Å². The topological polar surface area (TPSA) is 12.9 Å². The van der Waals surface area contributed by atoms with E-state index in [1.54, 1.807) is 25.3 Å². The molecule has 1 heterocycles. The van der Waals surface area contributed by atoms with Crippen LogP contribution in [0, 0.1) is 26.6 Å². The predicted molar refractivity (Wildman–Crippen MR) is 63.8 cm³/mol. The van der Waals surface area contributed by atoms with Crippen LogP contribution in [-0.4, -0.2) is 4.98 Å². The number of nitrogens with zero attached hydrogens (tertiary/aromatic N) is 1. The second kappa shape index (κ2) is 4.05. The monoisotopic (exact) mass is 215 g/mol. The molecule has 0 radical (unpaired) electrons. The van der Waals surface area contributed by atoms with E-state index in [4.69, 9.17) is 0 Å². The number of hydrogen-bond acceptors (Lipinski definition) is 1. The first-order valence-electron chi connectivity index (χ1n) is 5.28. The number of pyridine rings is 1. The van der Waals surface area contributed by atoms with Crippen LogP contribution in [0.15, 0.2) is 30.5 Å². The van der Waals surface area contributed by atoms with Gasteiger partial charge in [0.15, 0.2) is 0 Å². The van der Waals surface area contributed by atoms with Crippen molar-refractivity contribution in [3.8, 4) is 11.1 Å². The van der Waals surface area contributed by atoms with E-state index < -0.39 is 0 Å². The Morgan fingerprint density at radius 1 is 1.06 bits per heavy atom. The van der Waals surface area contributed by atoms with Crippen molar-refractivity contribution in [1.29, 1.82) is 0 Å². The van der Waals surface area contributed by atoms with Gasteiger partial charge < -0.3 is 0 Å². The zero-order chi connectivity index (χ0) is 11.7. The molecule has 0 aliphatic rings. The van der Waals surface area contributed by atoms with E-state index in [2.05, 4.69) is 4.98 Å². The van der Waals surface area contributed by atoms with Gasteiger partial charge in [-0.05, 0) is 38.0 Å². The van der Waals surface area contributed by atoms with Gasteiger partial charge in [-0.1, -0.05) is 18.2 Å². The van der Waals surface area contributed by atoms with Crippen molar-refractivity contribution in [2.24, 2.45) is 0 Å². The van der Waals surface area contributed by atoms with Gasteiger partial charge in [0.2, 0.25) is 0 Å². The van der Waals surface area contributed by atoms with Crippen molar-refractivity contribution in [2.75, 3.05) is 0 Å². The minimum Gasteiger partial charge on any atom is -0.261 e. The van der Waals surface area contributed by atoms with Crippen LogP contribution in [0.4, 0.5) is 4.39 Å². The van der Waals surface area contributed by atoms with Crippen molar-refractivity contribution in [3.05, 3.63) is 53.1 Å². The fourth-order valence-electron chi connectivity index (χ4n) is 1.66. The molecular formula is C14H14FN. The Kier molecular flexibility index (Phi) is 2.73. The quantitative estimate of drug-likeness (QED) is 0.704. The molecule has 0 bridgehead atoms. The van der Waals surface area contributed by atoms with Crippen LogP contribution in [0.1, 0.15) is 16.8 Å². The summed E-state index contributed by atoms with van der Waals surface area (Å²) in [5.74, 6) is -0.160. The molecule has 0 aliphatic carbocycles. The molecule has 0 N–H and O–H groups in total. The van der Waals surface area contributed by atoms with Crippen molar-refractivity contribution in [3.63, 3.8) is 0 Å². The van der Waals surface area contributed by atoms with Gasteiger partial charge in [-0.3, -0.25) is 4.98 Å². The molecule has 0 aliphatic heterocycles. The molecule has 1 aromatic carbocycles. The Morgan fingerprint density at radius 2 is 1.81 bits per heavy atom. The molecule has 0 atom stereocenters. The van der Waals surface area contributed by atoms with Gasteiger partial charge in [-0.25, -0.2) is 4.39 Å². The van der Waals surface area contributed by atoms with Crippen molar-refractivity contribution < 1.29 is 4.39 Å². The first-order valence-corrected chi connectivity index (χ1v) is 5.28. The maximum Gasteiger partial charge on any atom is 0.133 e. The Hall–Kier alpha value is -1.70. The van der Waals surface area contributed by atoms with Gasteiger partial charge in [0.05, 0.1) is 0 Å². The Morgan fingerprint density at radius 3 is 2.50 bits per heavy atom. The highest BCUT2D eigenvalue weighted by atomic mass is 19.1. The molecule has 0 saturated heterocycles. The van der Waals surface area contributed by atoms with Gasteiger partial charge in [0.25, 0.3) is 0 Å². The minimum absolute atomic E-state index is 0.160. The number of hydrogen-bond donors (Lipinski definition) is 0. The van der Waals surface area contributed by atoms with Crippen LogP contribution in [0.3, 0.4) is 0 Å². The number of aromatic nitrogens is 1. The fourth-order valence-corrected chi connectivity index (χ4v) is 1.66. The van der Waals surface area contributed by atoms with Crippen LogP contribution in [-0.2, 0) is 0 Å². The number of halogens is 1. The van der Waals surface area contributed by atoms with E-state index in [9.17, 15) is 4.39 Å². The minimum atomic E-state index is -0.160. The first kappa shape index (κ1) is 10.8. The summed E-state index contributed by atoms with van der Waals surface area (Å²) in [6.45, 7) is 5.71. The number of rotatable bonds is 1. The highest BCUT2D eigenvalue weighted by molar-refractivity contribution is 5.65. The zero-order valence-corrected chi connectivity index (χ0v) is 9.71. The summed E-state index contributed by atoms with van der Waals surface area (Å²) < 4.78 is 13.9. The summed E-state index contributed by atoms with van der Waals surface area (Å²) >= 11 is 0. The molecule has 82 valence electrons. The lowest BCUT2D eigenvalue weighted by molar-refractivity contribution is 0.622. The summed E-state index contributed by atoms with van der Waals surface area (Å²) in [5, 5.41) is 0. The normalized spacial score (nSPS) is 10.5. The molecule has 0 spiro atoms. The second-order valence-corrected chi connectivity index (χ2v) is 4.06. The number of benzene rings is 1. The highest BCUT2D eigenvalue weighted by Gasteiger charge is 2.08. The lowest BCUT2D eigenvalue weighted by Gasteiger charge is -2.07. The van der Waals surface area contributed by atoms with E-state index >= 15 is 0 Å². The van der Waals surface area contributed by atoms with Crippen molar-refractivity contribution in [1.82, 2.24) is 4.98 Å². The van der Waals surface area contributed by atoms with Crippen LogP contribution in [0.2, 0.25) is 0 Å². The molecule has 0 amide bonds. The van der Waals surface area contributed by atoms with E-state index in [-0.39, 0.29) is 5.82 Å². The predicted octanol–water partition coefficient (Wildman–Crippen LogP) is 3.81. The highest BCUT2D eigenvalue weighted by Crippen LogP contribution is 2.25. The largest absolute Gasteiger partial charge is 0.261 e. The van der Waals surface area contributed by atoms with Gasteiger partial charge in [-0.15, -0.1) is 0 Å². The lowest BCUT2D eigenvalue weighted by atomic mass is 10.0. The standard InChI is InChI=1S/C14H14FN/c1-9-5-4-6-13(14(9)15)12-7-10(2)11(3)16-8-12/h4-8H,1-3H3. The molecule has 2 aromatic rings. The summed E-state index contributed by atoms with van der Waals surface area (Å²) in [6.07, 6.45) is 1.72. The van der Waals surface area contributed by atoms with Crippen LogP contribution in [0.25, 0.3) is 11.1 Å². The van der Waals surface area contributed by atoms with E-state index in [0.29, 0.717) is 11.1 Å². The number of aryl methyl sites for hydroxylation is 3. The molecule has 0 fully saturated rings. The summed E-state index contributed by atoms with van der Waals surface area (Å²) in [6, 6.07) is 7.39. The Bertz CT molecular complexity index is 532. The molecule has 2 rings (SSSR count). The van der Waals surface area contributed by atoms with E-state index in [1.165, 1.54) is 0 Å². The van der Waals surface area contributed by atoms with Gasteiger partial charge in [-0.2, -0.15) is 0 Å². The van der Waals surface area contributed by atoms with E-state index in [1.807, 2.05) is 26.0 Å². The molecule has 1 aromatic heterocycles. The molecule has 0 unspecified atom stereocenters. The average Bonchev–Trinajstić information content (AvgIpc) is 2.26. The third-order valence-corrected chi connectivity index (χ3v) is 2.84. The molecule has 0 saturated carbocycles. The smallest absolute Gasteiger partial charge is 0.133 e. The summed E-state index contributed by atoms with van der Waals surface area (Å²) in [5.41, 5.74) is 4.19. The summed E-state index contributed by atoms with van der Waals surface area (Å²) in [7, 11) is 0. The van der Waals surface area contributed by atoms with Crippen molar-refractivity contribution >= 4 is 0 Å². The second-order valence-electron chi connectivity index (χ2n) is 4.06. The third kappa shape index (κ3) is 1.83. The van der Waals surface area contributed by atoms with Gasteiger partial charge in [0, 0.05) is 23.0 Å². The average molecular weight is 215 g/mol. The maximum atomic E-state index is 13.9. The molecule has 16 heavy (non-hydrogen) atoms. The molecule has 2 heteroatoms. The van der Waals surface area contributed by atoms with Crippen molar-refractivity contribution in [2.45, 2.75) is 20.8 Å². The van der Waals surface area contributed by atoms with Crippen LogP contribution in [0.5, 0.6) is 0 Å². The lowest BCUT2D eigenvalue weighted by Crippen LogP contribution is -1.92. The Labute approximate surface area is 95.0 Å². The van der Waals surface area contributed by atoms with Gasteiger partial charge >= 0.3 is 0 Å². The zero-order valence-electron chi connectivity index (χ0n) is 9.71. The first-order chi connectivity index (χ1) is 7.59. The molecular weight excluding hydrogens is 201 g/mol. The van der Waals surface area contributed by atoms with Crippen LogP contribution >= 0.6 is 0 Å². The van der Waals surface area contributed by atoms with Gasteiger partial charge in [0.1, 0.15) is 5.82 Å². The summed E-state index contributed by atoms with van der Waals surface area (Å²) in [4.78, 5) is 4.26.